The minimum absolute atomic E-state index is 0.177. The van der Waals surface area contributed by atoms with Crippen molar-refractivity contribution in [2.45, 2.75) is 18.3 Å². The van der Waals surface area contributed by atoms with Crippen molar-refractivity contribution >= 4 is 0 Å². The van der Waals surface area contributed by atoms with Crippen LogP contribution in [0.4, 0.5) is 8.78 Å². The van der Waals surface area contributed by atoms with E-state index in [9.17, 15) is 8.78 Å². The van der Waals surface area contributed by atoms with E-state index in [0.717, 1.165) is 0 Å². The van der Waals surface area contributed by atoms with Crippen LogP contribution >= 0.6 is 0 Å². The lowest BCUT2D eigenvalue weighted by Gasteiger charge is -2.14. The van der Waals surface area contributed by atoms with Gasteiger partial charge in [-0.3, -0.25) is 0 Å². The van der Waals surface area contributed by atoms with E-state index in [4.69, 9.17) is 25.2 Å². The molecule has 2 atom stereocenters. The first-order valence-electron chi connectivity index (χ1n) is 4.58. The van der Waals surface area contributed by atoms with Crippen molar-refractivity contribution in [2.24, 2.45) is 0 Å². The van der Waals surface area contributed by atoms with Gasteiger partial charge in [-0.2, -0.15) is 8.78 Å². The highest BCUT2D eigenvalue weighted by atomic mass is 19.3. The topological polar surface area (TPSA) is 99.4 Å². The molecule has 4 N–H and O–H groups in total. The number of halogens is 2. The van der Waals surface area contributed by atoms with E-state index in [2.05, 4.69) is 4.74 Å². The zero-order chi connectivity index (χ0) is 12.6. The molecule has 6 nitrogen and oxygen atoms in total. The number of ether oxygens (including phenoxy) is 2. The Bertz CT molecular complexity index is 174. The number of hydrogen-bond acceptors (Lipinski definition) is 6. The molecule has 8 heteroatoms. The fourth-order valence-corrected chi connectivity index (χ4v) is 0.759. The van der Waals surface area contributed by atoms with Crippen LogP contribution in [0.5, 0.6) is 0 Å². The average Bonchev–Trinajstić information content (AvgIpc) is 2.15. The molecule has 0 saturated carbocycles. The summed E-state index contributed by atoms with van der Waals surface area (Å²) >= 11 is 0. The highest BCUT2D eigenvalue weighted by Gasteiger charge is 2.24. The van der Waals surface area contributed by atoms with E-state index in [1.807, 2.05) is 0 Å². The second-order valence-electron chi connectivity index (χ2n) is 3.21. The number of alkyl halides is 2. The third kappa shape index (κ3) is 10.1. The Morgan fingerprint density at radius 2 is 1.50 bits per heavy atom. The van der Waals surface area contributed by atoms with Crippen LogP contribution in [0.1, 0.15) is 0 Å². The summed E-state index contributed by atoms with van der Waals surface area (Å²) in [5, 5.41) is 34.3. The van der Waals surface area contributed by atoms with Crippen molar-refractivity contribution in [3.8, 4) is 0 Å². The predicted molar refractivity (Wildman–Crippen MR) is 47.9 cm³/mol. The van der Waals surface area contributed by atoms with E-state index in [0.29, 0.717) is 0 Å². The molecule has 0 aliphatic carbocycles. The van der Waals surface area contributed by atoms with Crippen molar-refractivity contribution in [1.82, 2.24) is 0 Å². The summed E-state index contributed by atoms with van der Waals surface area (Å²) in [5.74, 6) is 0. The van der Waals surface area contributed by atoms with Crippen LogP contribution in [0.3, 0.4) is 0 Å². The SMILES string of the molecule is OCC(O)COCC(O)COCC(O)(F)F. The standard InChI is InChI=1S/C8H16F2O6/c9-8(10,14)5-16-4-7(13)3-15-2-6(12)1-11/h6-7,11-14H,1-5H2. The van der Waals surface area contributed by atoms with Gasteiger partial charge < -0.3 is 29.9 Å². The van der Waals surface area contributed by atoms with Gasteiger partial charge in [0.25, 0.3) is 0 Å². The van der Waals surface area contributed by atoms with Crippen molar-refractivity contribution < 1.29 is 38.7 Å². The second kappa shape index (κ2) is 7.82. The molecule has 0 rings (SSSR count). The number of rotatable bonds is 9. The summed E-state index contributed by atoms with van der Waals surface area (Å²) in [4.78, 5) is 0. The predicted octanol–water partition coefficient (Wildman–Crippen LogP) is -1.68. The molecule has 0 radical (unpaired) electrons. The lowest BCUT2D eigenvalue weighted by molar-refractivity contribution is -0.235. The molecule has 0 bridgehead atoms. The molecule has 0 aliphatic rings. The van der Waals surface area contributed by atoms with Gasteiger partial charge in [0.15, 0.2) is 0 Å². The summed E-state index contributed by atoms with van der Waals surface area (Å²) in [6.45, 7) is -2.50. The van der Waals surface area contributed by atoms with Gasteiger partial charge in [-0.05, 0) is 0 Å². The second-order valence-corrected chi connectivity index (χ2v) is 3.21. The van der Waals surface area contributed by atoms with E-state index in [1.165, 1.54) is 0 Å². The van der Waals surface area contributed by atoms with Gasteiger partial charge in [0, 0.05) is 0 Å². The first kappa shape index (κ1) is 15.6. The monoisotopic (exact) mass is 246 g/mol. The van der Waals surface area contributed by atoms with Gasteiger partial charge in [-0.1, -0.05) is 0 Å². The highest BCUT2D eigenvalue weighted by molar-refractivity contribution is 4.55. The van der Waals surface area contributed by atoms with Crippen LogP contribution in [0.25, 0.3) is 0 Å². The first-order valence-corrected chi connectivity index (χ1v) is 4.58. The quantitative estimate of drug-likeness (QED) is 0.388. The molecular weight excluding hydrogens is 230 g/mol. The van der Waals surface area contributed by atoms with E-state index in [1.54, 1.807) is 0 Å². The zero-order valence-electron chi connectivity index (χ0n) is 8.55. The Balaban J connectivity index is 3.41. The van der Waals surface area contributed by atoms with Crippen molar-refractivity contribution in [3.63, 3.8) is 0 Å². The normalized spacial score (nSPS) is 16.1. The minimum atomic E-state index is -3.92. The van der Waals surface area contributed by atoms with Crippen LogP contribution in [-0.2, 0) is 9.47 Å². The van der Waals surface area contributed by atoms with Crippen molar-refractivity contribution in [1.29, 1.82) is 0 Å². The van der Waals surface area contributed by atoms with Crippen molar-refractivity contribution in [3.05, 3.63) is 0 Å². The molecule has 0 fully saturated rings. The van der Waals surface area contributed by atoms with Gasteiger partial charge in [-0.25, -0.2) is 0 Å². The fraction of sp³-hybridized carbons (Fsp3) is 1.00. The summed E-state index contributed by atoms with van der Waals surface area (Å²) in [7, 11) is 0. The molecule has 2 unspecified atom stereocenters. The van der Waals surface area contributed by atoms with Crippen LogP contribution in [-0.4, -0.2) is 71.8 Å². The molecule has 0 aromatic carbocycles. The molecule has 0 amide bonds. The zero-order valence-corrected chi connectivity index (χ0v) is 8.55. The van der Waals surface area contributed by atoms with E-state index >= 15 is 0 Å². The summed E-state index contributed by atoms with van der Waals surface area (Å²) in [5.41, 5.74) is 0. The minimum Gasteiger partial charge on any atom is -0.394 e. The maximum absolute atomic E-state index is 11.8. The van der Waals surface area contributed by atoms with Gasteiger partial charge in [0.05, 0.1) is 26.4 Å². The van der Waals surface area contributed by atoms with Crippen LogP contribution in [0, 0.1) is 0 Å². The molecular formula is C8H16F2O6. The lowest BCUT2D eigenvalue weighted by atomic mass is 10.4. The molecule has 0 aromatic rings. The molecule has 0 aliphatic heterocycles. The van der Waals surface area contributed by atoms with Gasteiger partial charge in [0.2, 0.25) is 0 Å². The third-order valence-electron chi connectivity index (χ3n) is 1.42. The molecule has 0 saturated heterocycles. The molecule has 0 aromatic heterocycles. The first-order chi connectivity index (χ1) is 7.35. The van der Waals surface area contributed by atoms with Crippen molar-refractivity contribution in [2.75, 3.05) is 33.0 Å². The molecule has 0 heterocycles. The Hall–Kier alpha value is -0.380. The summed E-state index contributed by atoms with van der Waals surface area (Å²) in [6.07, 6.45) is -6.11. The molecule has 16 heavy (non-hydrogen) atoms. The van der Waals surface area contributed by atoms with E-state index < -0.39 is 38.1 Å². The summed E-state index contributed by atoms with van der Waals surface area (Å²) in [6, 6.07) is 0. The van der Waals surface area contributed by atoms with Crippen LogP contribution < -0.4 is 0 Å². The van der Waals surface area contributed by atoms with E-state index in [-0.39, 0.29) is 13.2 Å². The van der Waals surface area contributed by atoms with Gasteiger partial charge in [0.1, 0.15) is 18.8 Å². The van der Waals surface area contributed by atoms with Gasteiger partial charge in [-0.15, -0.1) is 0 Å². The molecule has 0 spiro atoms. The smallest absolute Gasteiger partial charge is 0.376 e. The third-order valence-corrected chi connectivity index (χ3v) is 1.42. The number of aliphatic hydroxyl groups is 4. The summed E-state index contributed by atoms with van der Waals surface area (Å²) < 4.78 is 32.7. The Morgan fingerprint density at radius 3 is 2.00 bits per heavy atom. The van der Waals surface area contributed by atoms with Crippen LogP contribution in [0.2, 0.25) is 0 Å². The Morgan fingerprint density at radius 1 is 1.00 bits per heavy atom. The fourth-order valence-electron chi connectivity index (χ4n) is 0.759. The maximum Gasteiger partial charge on any atom is 0.376 e. The lowest BCUT2D eigenvalue weighted by Crippen LogP contribution is -2.29. The van der Waals surface area contributed by atoms with Crippen LogP contribution in [0.15, 0.2) is 0 Å². The number of hydrogen-bond donors (Lipinski definition) is 4. The largest absolute Gasteiger partial charge is 0.394 e. The Labute approximate surface area is 91.0 Å². The van der Waals surface area contributed by atoms with Gasteiger partial charge >= 0.3 is 6.11 Å². The average molecular weight is 246 g/mol. The number of aliphatic hydroxyl groups excluding tert-OH is 3. The highest BCUT2D eigenvalue weighted by Crippen LogP contribution is 2.07. The maximum atomic E-state index is 11.8. The Kier molecular flexibility index (Phi) is 7.64. The molecule has 98 valence electrons.